The molecule has 0 spiro atoms. The summed E-state index contributed by atoms with van der Waals surface area (Å²) in [5.41, 5.74) is 5.14. The van der Waals surface area contributed by atoms with E-state index in [1.54, 1.807) is 0 Å². The maximum Gasteiger partial charge on any atom is 0.216 e. The fraction of sp³-hybridized carbons (Fsp3) is 0.875. The van der Waals surface area contributed by atoms with Gasteiger partial charge in [-0.25, -0.2) is 12.7 Å². The van der Waals surface area contributed by atoms with Gasteiger partial charge in [0, 0.05) is 26.6 Å². The number of nitrogens with one attached hydrogen (secondary N) is 1. The molecule has 0 fully saturated rings. The van der Waals surface area contributed by atoms with Crippen LogP contribution in [-0.2, 0) is 14.8 Å². The number of rotatable bonds is 8. The Labute approximate surface area is 91.0 Å². The summed E-state index contributed by atoms with van der Waals surface area (Å²) in [6, 6.07) is 0. The molecule has 0 atom stereocenters. The van der Waals surface area contributed by atoms with E-state index in [9.17, 15) is 8.42 Å². The maximum atomic E-state index is 11.6. The monoisotopic (exact) mass is 237 g/mol. The zero-order chi connectivity index (χ0) is 11.9. The third-order valence-electron chi connectivity index (χ3n) is 1.86. The molecule has 90 valence electrons. The average Bonchev–Trinajstić information content (AvgIpc) is 2.14. The van der Waals surface area contributed by atoms with Crippen molar-refractivity contribution in [2.24, 2.45) is 5.73 Å². The standard InChI is InChI=1S/C8H19N3O3S/c1-3-14-6-7-15(12,13)11(2)5-4-8(9)10/h3-7H2,1-2H3,(H3,9,10). The minimum atomic E-state index is -3.27. The Bertz CT molecular complexity index is 290. The second-order valence-corrected chi connectivity index (χ2v) is 5.31. The number of ether oxygens (including phenoxy) is 1. The van der Waals surface area contributed by atoms with Crippen LogP contribution in [-0.4, -0.2) is 51.1 Å². The van der Waals surface area contributed by atoms with Gasteiger partial charge in [-0.15, -0.1) is 0 Å². The minimum Gasteiger partial charge on any atom is -0.388 e. The number of sulfonamides is 1. The number of hydrogen-bond donors (Lipinski definition) is 2. The lowest BCUT2D eigenvalue weighted by Gasteiger charge is -2.16. The Kier molecular flexibility index (Phi) is 6.46. The van der Waals surface area contributed by atoms with Crippen LogP contribution in [0.25, 0.3) is 0 Å². The van der Waals surface area contributed by atoms with Gasteiger partial charge in [0.15, 0.2) is 0 Å². The highest BCUT2D eigenvalue weighted by Crippen LogP contribution is 1.99. The van der Waals surface area contributed by atoms with Crippen molar-refractivity contribution in [1.29, 1.82) is 5.41 Å². The van der Waals surface area contributed by atoms with Crippen LogP contribution >= 0.6 is 0 Å². The third-order valence-corrected chi connectivity index (χ3v) is 3.68. The molecule has 6 nitrogen and oxygen atoms in total. The van der Waals surface area contributed by atoms with Crippen LogP contribution in [0.5, 0.6) is 0 Å². The van der Waals surface area contributed by atoms with Crippen LogP contribution in [0, 0.1) is 5.41 Å². The normalized spacial score (nSPS) is 11.9. The van der Waals surface area contributed by atoms with E-state index in [-0.39, 0.29) is 31.2 Å². The van der Waals surface area contributed by atoms with Crippen LogP contribution in [0.4, 0.5) is 0 Å². The second kappa shape index (κ2) is 6.76. The van der Waals surface area contributed by atoms with Crippen LogP contribution in [0.15, 0.2) is 0 Å². The molecule has 7 heteroatoms. The summed E-state index contributed by atoms with van der Waals surface area (Å²) in [6.07, 6.45) is 0.254. The Morgan fingerprint density at radius 1 is 1.53 bits per heavy atom. The lowest BCUT2D eigenvalue weighted by atomic mass is 10.4. The van der Waals surface area contributed by atoms with E-state index in [0.717, 1.165) is 0 Å². The molecule has 0 aliphatic heterocycles. The molecule has 0 aliphatic rings. The fourth-order valence-corrected chi connectivity index (χ4v) is 1.89. The van der Waals surface area contributed by atoms with Crippen molar-refractivity contribution in [3.8, 4) is 0 Å². The molecule has 0 aromatic carbocycles. The quantitative estimate of drug-likeness (QED) is 0.341. The van der Waals surface area contributed by atoms with Crippen LogP contribution in [0.1, 0.15) is 13.3 Å². The molecule has 0 heterocycles. The highest BCUT2D eigenvalue weighted by Gasteiger charge is 2.17. The van der Waals surface area contributed by atoms with Gasteiger partial charge in [0.05, 0.1) is 18.2 Å². The summed E-state index contributed by atoms with van der Waals surface area (Å²) >= 11 is 0. The predicted molar refractivity (Wildman–Crippen MR) is 59.4 cm³/mol. The summed E-state index contributed by atoms with van der Waals surface area (Å²) in [5.74, 6) is -0.0447. The van der Waals surface area contributed by atoms with Crippen molar-refractivity contribution in [2.45, 2.75) is 13.3 Å². The molecular formula is C8H19N3O3S. The van der Waals surface area contributed by atoms with Gasteiger partial charge in [0.1, 0.15) is 0 Å². The molecule has 0 aromatic rings. The molecule has 0 radical (unpaired) electrons. The Hall–Kier alpha value is -0.660. The summed E-state index contributed by atoms with van der Waals surface area (Å²) < 4.78 is 29.3. The molecular weight excluding hydrogens is 218 g/mol. The topological polar surface area (TPSA) is 96.5 Å². The highest BCUT2D eigenvalue weighted by atomic mass is 32.2. The first-order chi connectivity index (χ1) is 6.90. The fourth-order valence-electron chi connectivity index (χ4n) is 0.881. The molecule has 0 saturated heterocycles. The highest BCUT2D eigenvalue weighted by molar-refractivity contribution is 7.89. The van der Waals surface area contributed by atoms with Gasteiger partial charge in [-0.3, -0.25) is 5.41 Å². The molecule has 15 heavy (non-hydrogen) atoms. The molecule has 0 amide bonds. The van der Waals surface area contributed by atoms with E-state index < -0.39 is 10.0 Å². The predicted octanol–water partition coefficient (Wildman–Crippen LogP) is -0.389. The first-order valence-corrected chi connectivity index (χ1v) is 6.35. The van der Waals surface area contributed by atoms with E-state index >= 15 is 0 Å². The van der Waals surface area contributed by atoms with Crippen LogP contribution in [0.3, 0.4) is 0 Å². The second-order valence-electron chi connectivity index (χ2n) is 3.11. The van der Waals surface area contributed by atoms with Crippen LogP contribution in [0.2, 0.25) is 0 Å². The number of nitrogens with zero attached hydrogens (tertiary/aromatic N) is 1. The lowest BCUT2D eigenvalue weighted by molar-refractivity contribution is 0.162. The van der Waals surface area contributed by atoms with Gasteiger partial charge in [-0.05, 0) is 6.92 Å². The van der Waals surface area contributed by atoms with Crippen molar-refractivity contribution in [1.82, 2.24) is 4.31 Å². The Balaban J connectivity index is 4.03. The van der Waals surface area contributed by atoms with Crippen molar-refractivity contribution < 1.29 is 13.2 Å². The first kappa shape index (κ1) is 14.3. The van der Waals surface area contributed by atoms with E-state index in [2.05, 4.69) is 0 Å². The summed E-state index contributed by atoms with van der Waals surface area (Å²) in [5, 5.41) is 6.99. The van der Waals surface area contributed by atoms with Crippen LogP contribution < -0.4 is 5.73 Å². The van der Waals surface area contributed by atoms with Gasteiger partial charge in [-0.1, -0.05) is 0 Å². The smallest absolute Gasteiger partial charge is 0.216 e. The summed E-state index contributed by atoms with van der Waals surface area (Å²) in [7, 11) is -1.80. The first-order valence-electron chi connectivity index (χ1n) is 4.74. The molecule has 0 aliphatic carbocycles. The summed E-state index contributed by atoms with van der Waals surface area (Å²) in [4.78, 5) is 0. The summed E-state index contributed by atoms with van der Waals surface area (Å²) in [6.45, 7) is 2.76. The third kappa shape index (κ3) is 6.43. The molecule has 3 N–H and O–H groups in total. The van der Waals surface area contributed by atoms with Gasteiger partial charge in [-0.2, -0.15) is 0 Å². The zero-order valence-corrected chi connectivity index (χ0v) is 10.0. The van der Waals surface area contributed by atoms with Gasteiger partial charge in [0.25, 0.3) is 0 Å². The Morgan fingerprint density at radius 3 is 2.60 bits per heavy atom. The van der Waals surface area contributed by atoms with Crippen molar-refractivity contribution in [2.75, 3.05) is 32.6 Å². The number of nitrogens with two attached hydrogens (primary N) is 1. The van der Waals surface area contributed by atoms with Crippen molar-refractivity contribution in [3.05, 3.63) is 0 Å². The van der Waals surface area contributed by atoms with E-state index in [0.29, 0.717) is 6.61 Å². The van der Waals surface area contributed by atoms with Gasteiger partial charge < -0.3 is 10.5 Å². The SMILES string of the molecule is CCOCCS(=O)(=O)N(C)CCC(=N)N. The molecule has 0 rings (SSSR count). The van der Waals surface area contributed by atoms with Crippen molar-refractivity contribution in [3.63, 3.8) is 0 Å². The average molecular weight is 237 g/mol. The minimum absolute atomic E-state index is 0.0122. The molecule has 0 saturated carbocycles. The number of hydrogen-bond acceptors (Lipinski definition) is 4. The Morgan fingerprint density at radius 2 is 2.13 bits per heavy atom. The molecule has 0 aromatic heterocycles. The zero-order valence-electron chi connectivity index (χ0n) is 9.19. The van der Waals surface area contributed by atoms with E-state index in [1.807, 2.05) is 6.92 Å². The lowest BCUT2D eigenvalue weighted by Crippen LogP contribution is -2.33. The van der Waals surface area contributed by atoms with E-state index in [1.165, 1.54) is 11.4 Å². The largest absolute Gasteiger partial charge is 0.388 e. The number of amidine groups is 1. The van der Waals surface area contributed by atoms with E-state index in [4.69, 9.17) is 15.9 Å². The van der Waals surface area contributed by atoms with Crippen molar-refractivity contribution >= 4 is 15.9 Å². The molecule has 0 bridgehead atoms. The maximum absolute atomic E-state index is 11.6. The van der Waals surface area contributed by atoms with Gasteiger partial charge >= 0.3 is 0 Å². The molecule has 0 unspecified atom stereocenters. The van der Waals surface area contributed by atoms with Gasteiger partial charge in [0.2, 0.25) is 10.0 Å².